The summed E-state index contributed by atoms with van der Waals surface area (Å²) in [6.07, 6.45) is -0.287. The number of nitrogens with zero attached hydrogens (tertiary/aromatic N) is 1. The van der Waals surface area contributed by atoms with Crippen LogP contribution in [0.15, 0.2) is 0 Å². The first-order valence-corrected chi connectivity index (χ1v) is 11.2. The van der Waals surface area contributed by atoms with Crippen molar-refractivity contribution in [3.63, 3.8) is 0 Å². The maximum atomic E-state index is 13.0. The number of carboxylic acids is 3. The lowest BCUT2D eigenvalue weighted by Gasteiger charge is -2.29. The molecule has 1 aliphatic rings. The Kier molecular flexibility index (Phi) is 11.4. The number of hydrogen-bond donors (Lipinski definition) is 6. The molecule has 1 saturated heterocycles. The Labute approximate surface area is 197 Å². The van der Waals surface area contributed by atoms with E-state index in [0.717, 1.165) is 4.90 Å². The smallest absolute Gasteiger partial charge is 0.326 e. The van der Waals surface area contributed by atoms with Crippen LogP contribution in [0.1, 0.15) is 58.8 Å². The Morgan fingerprint density at radius 1 is 0.912 bits per heavy atom. The highest BCUT2D eigenvalue weighted by molar-refractivity contribution is 5.94. The van der Waals surface area contributed by atoms with Crippen molar-refractivity contribution in [2.24, 2.45) is 11.7 Å². The first-order chi connectivity index (χ1) is 15.8. The van der Waals surface area contributed by atoms with Gasteiger partial charge in [-0.25, -0.2) is 4.79 Å². The number of amides is 3. The van der Waals surface area contributed by atoms with E-state index in [-0.39, 0.29) is 44.6 Å². The van der Waals surface area contributed by atoms with Gasteiger partial charge < -0.3 is 36.6 Å². The molecule has 3 amide bonds. The molecule has 13 heteroatoms. The first-order valence-electron chi connectivity index (χ1n) is 11.2. The van der Waals surface area contributed by atoms with E-state index in [9.17, 15) is 33.9 Å². The lowest BCUT2D eigenvalue weighted by Crippen LogP contribution is -2.57. The minimum atomic E-state index is -1.30. The molecule has 1 aliphatic heterocycles. The number of aliphatic carboxylic acids is 3. The number of nitrogens with two attached hydrogens (primary N) is 1. The summed E-state index contributed by atoms with van der Waals surface area (Å²) in [6, 6.07) is -4.63. The number of rotatable bonds is 14. The molecule has 1 heterocycles. The SMILES string of the molecule is CC(C)CC(NC(=O)C(N)CCC(=O)O)C(=O)NC(CCC(=O)O)C(=O)N1CCCC1C(=O)O. The van der Waals surface area contributed by atoms with Gasteiger partial charge in [0.15, 0.2) is 0 Å². The topological polar surface area (TPSA) is 216 Å². The quantitative estimate of drug-likeness (QED) is 0.178. The highest BCUT2D eigenvalue weighted by atomic mass is 16.4. The Balaban J connectivity index is 2.99. The summed E-state index contributed by atoms with van der Waals surface area (Å²) in [4.78, 5) is 72.8. The lowest BCUT2D eigenvalue weighted by atomic mass is 10.0. The molecule has 0 bridgehead atoms. The highest BCUT2D eigenvalue weighted by Gasteiger charge is 2.38. The molecule has 0 aliphatic carbocycles. The van der Waals surface area contributed by atoms with Crippen LogP contribution in [0, 0.1) is 5.92 Å². The van der Waals surface area contributed by atoms with Crippen molar-refractivity contribution < 1.29 is 44.1 Å². The fraction of sp³-hybridized carbons (Fsp3) is 0.714. The summed E-state index contributed by atoms with van der Waals surface area (Å²) >= 11 is 0. The normalized spacial score (nSPS) is 18.1. The van der Waals surface area contributed by atoms with E-state index in [1.807, 2.05) is 0 Å². The summed E-state index contributed by atoms with van der Waals surface area (Å²) in [7, 11) is 0. The van der Waals surface area contributed by atoms with Gasteiger partial charge in [-0.2, -0.15) is 0 Å². The van der Waals surface area contributed by atoms with E-state index in [1.165, 1.54) is 0 Å². The first kappa shape index (κ1) is 28.8. The molecule has 0 spiro atoms. The monoisotopic (exact) mass is 486 g/mol. The van der Waals surface area contributed by atoms with Crippen LogP contribution in [0.25, 0.3) is 0 Å². The average Bonchev–Trinajstić information content (AvgIpc) is 3.23. The zero-order valence-corrected chi connectivity index (χ0v) is 19.4. The maximum Gasteiger partial charge on any atom is 0.326 e. The maximum absolute atomic E-state index is 13.0. The van der Waals surface area contributed by atoms with Gasteiger partial charge in [0.1, 0.15) is 18.1 Å². The standard InChI is InChI=1S/C21H34N4O9/c1-11(2)10-14(24-18(30)12(22)5-7-16(26)27)19(31)23-13(6-8-17(28)29)20(32)25-9-3-4-15(25)21(33)34/h11-15H,3-10,22H2,1-2H3,(H,23,31)(H,24,30)(H,26,27)(H,28,29)(H,33,34). The third-order valence-electron chi connectivity index (χ3n) is 5.43. The Morgan fingerprint density at radius 3 is 2.00 bits per heavy atom. The van der Waals surface area contributed by atoms with E-state index in [2.05, 4.69) is 10.6 Å². The van der Waals surface area contributed by atoms with Crippen molar-refractivity contribution in [3.8, 4) is 0 Å². The fourth-order valence-corrected chi connectivity index (χ4v) is 3.68. The summed E-state index contributed by atoms with van der Waals surface area (Å²) in [5.74, 6) is -5.75. The van der Waals surface area contributed by atoms with Crippen molar-refractivity contribution in [3.05, 3.63) is 0 Å². The van der Waals surface area contributed by atoms with Gasteiger partial charge in [-0.1, -0.05) is 13.8 Å². The molecule has 34 heavy (non-hydrogen) atoms. The molecule has 0 aromatic heterocycles. The molecule has 1 fully saturated rings. The predicted octanol–water partition coefficient (Wildman–Crippen LogP) is -0.865. The number of carboxylic acid groups (broad SMARTS) is 3. The van der Waals surface area contributed by atoms with Gasteiger partial charge >= 0.3 is 17.9 Å². The minimum absolute atomic E-state index is 0.0607. The molecule has 4 unspecified atom stereocenters. The fourth-order valence-electron chi connectivity index (χ4n) is 3.68. The van der Waals surface area contributed by atoms with E-state index in [4.69, 9.17) is 15.9 Å². The number of nitrogens with one attached hydrogen (secondary N) is 2. The molecule has 0 aromatic rings. The van der Waals surface area contributed by atoms with Gasteiger partial charge in [-0.15, -0.1) is 0 Å². The van der Waals surface area contributed by atoms with Gasteiger partial charge in [-0.3, -0.25) is 24.0 Å². The molecule has 1 rings (SSSR count). The van der Waals surface area contributed by atoms with E-state index < -0.39 is 66.2 Å². The van der Waals surface area contributed by atoms with Crippen molar-refractivity contribution >= 4 is 35.6 Å². The molecule has 0 saturated carbocycles. The summed E-state index contributed by atoms with van der Waals surface area (Å²) in [5.41, 5.74) is 5.71. The Hall–Kier alpha value is -3.22. The van der Waals surface area contributed by atoms with Crippen LogP contribution in [-0.4, -0.2) is 86.6 Å². The molecular formula is C21H34N4O9. The zero-order chi connectivity index (χ0) is 26.0. The van der Waals surface area contributed by atoms with E-state index >= 15 is 0 Å². The second-order valence-electron chi connectivity index (χ2n) is 8.75. The third kappa shape index (κ3) is 9.33. The molecule has 7 N–H and O–H groups in total. The molecule has 192 valence electrons. The summed E-state index contributed by atoms with van der Waals surface area (Å²) in [6.45, 7) is 3.76. The van der Waals surface area contributed by atoms with Crippen molar-refractivity contribution in [2.75, 3.05) is 6.54 Å². The number of hydrogen-bond acceptors (Lipinski definition) is 7. The third-order valence-corrected chi connectivity index (χ3v) is 5.43. The van der Waals surface area contributed by atoms with Gasteiger partial charge in [-0.05, 0) is 38.0 Å². The average molecular weight is 487 g/mol. The second-order valence-corrected chi connectivity index (χ2v) is 8.75. The number of carbonyl (C=O) groups excluding carboxylic acids is 3. The largest absolute Gasteiger partial charge is 0.481 e. The lowest BCUT2D eigenvalue weighted by molar-refractivity contribution is -0.150. The van der Waals surface area contributed by atoms with Crippen LogP contribution >= 0.6 is 0 Å². The van der Waals surface area contributed by atoms with Gasteiger partial charge in [0.25, 0.3) is 0 Å². The van der Waals surface area contributed by atoms with Gasteiger partial charge in [0.05, 0.1) is 6.04 Å². The zero-order valence-electron chi connectivity index (χ0n) is 19.4. The molecule has 13 nitrogen and oxygen atoms in total. The Bertz CT molecular complexity index is 786. The van der Waals surface area contributed by atoms with Crippen LogP contribution in [0.3, 0.4) is 0 Å². The van der Waals surface area contributed by atoms with Crippen molar-refractivity contribution in [1.82, 2.24) is 15.5 Å². The van der Waals surface area contributed by atoms with Crippen LogP contribution < -0.4 is 16.4 Å². The van der Waals surface area contributed by atoms with E-state index in [1.54, 1.807) is 13.8 Å². The van der Waals surface area contributed by atoms with E-state index in [0.29, 0.717) is 6.42 Å². The van der Waals surface area contributed by atoms with Crippen molar-refractivity contribution in [1.29, 1.82) is 0 Å². The second kappa shape index (κ2) is 13.5. The molecule has 0 radical (unpaired) electrons. The van der Waals surface area contributed by atoms with Crippen LogP contribution in [0.2, 0.25) is 0 Å². The van der Waals surface area contributed by atoms with Gasteiger partial charge in [0, 0.05) is 19.4 Å². The van der Waals surface area contributed by atoms with Crippen LogP contribution in [0.5, 0.6) is 0 Å². The molecular weight excluding hydrogens is 452 g/mol. The molecule has 4 atom stereocenters. The summed E-state index contributed by atoms with van der Waals surface area (Å²) < 4.78 is 0. The molecule has 0 aromatic carbocycles. The van der Waals surface area contributed by atoms with Crippen LogP contribution in [-0.2, 0) is 28.8 Å². The minimum Gasteiger partial charge on any atom is -0.481 e. The summed E-state index contributed by atoms with van der Waals surface area (Å²) in [5, 5.41) is 32.1. The van der Waals surface area contributed by atoms with Crippen molar-refractivity contribution in [2.45, 2.75) is 83.0 Å². The predicted molar refractivity (Wildman–Crippen MR) is 117 cm³/mol. The van der Waals surface area contributed by atoms with Gasteiger partial charge in [0.2, 0.25) is 17.7 Å². The highest BCUT2D eigenvalue weighted by Crippen LogP contribution is 2.20. The number of likely N-dealkylation sites (tertiary alicyclic amines) is 1. The Morgan fingerprint density at radius 2 is 1.47 bits per heavy atom. The number of carbonyl (C=O) groups is 6. The van der Waals surface area contributed by atoms with Crippen LogP contribution in [0.4, 0.5) is 0 Å².